The molecule has 1 fully saturated rings. The predicted octanol–water partition coefficient (Wildman–Crippen LogP) is 2.16. The van der Waals surface area contributed by atoms with Gasteiger partial charge in [0.2, 0.25) is 5.91 Å². The molecule has 0 spiro atoms. The monoisotopic (exact) mass is 403 g/mol. The fourth-order valence-corrected chi connectivity index (χ4v) is 3.32. The van der Waals surface area contributed by atoms with Crippen LogP contribution in [0.15, 0.2) is 29.3 Å². The summed E-state index contributed by atoms with van der Waals surface area (Å²) in [4.78, 5) is 19.0. The van der Waals surface area contributed by atoms with Gasteiger partial charge in [-0.15, -0.1) is 0 Å². The van der Waals surface area contributed by atoms with Crippen LogP contribution in [-0.4, -0.2) is 63.1 Å². The molecule has 162 valence electrons. The highest BCUT2D eigenvalue weighted by atomic mass is 16.5. The summed E-state index contributed by atoms with van der Waals surface area (Å²) in [7, 11) is 1.69. The van der Waals surface area contributed by atoms with Crippen molar-refractivity contribution in [1.82, 2.24) is 20.9 Å². The minimum atomic E-state index is 0.171. The number of likely N-dealkylation sites (N-methyl/N-ethyl adjacent to an activating group) is 1. The van der Waals surface area contributed by atoms with E-state index in [1.165, 1.54) is 5.56 Å². The maximum Gasteiger partial charge on any atom is 0.223 e. The number of ether oxygens (including phenoxy) is 1. The van der Waals surface area contributed by atoms with Crippen LogP contribution in [0, 0.1) is 5.92 Å². The standard InChI is InChI=1S/C22H37N5O2/c1-5-23-22(25-14-13-24-21(28)17-11-12-17)26-16-20(27(6-2)7-3)18-9-8-10-19(15-18)29-4/h8-10,15,17,20H,5-7,11-14,16H2,1-4H3,(H,24,28)(H2,23,25,26). The van der Waals surface area contributed by atoms with Crippen LogP contribution < -0.4 is 20.7 Å². The molecule has 3 N–H and O–H groups in total. The Morgan fingerprint density at radius 3 is 2.52 bits per heavy atom. The normalized spacial score (nSPS) is 15.1. The molecule has 0 radical (unpaired) electrons. The molecule has 1 atom stereocenters. The summed E-state index contributed by atoms with van der Waals surface area (Å²) < 4.78 is 5.41. The van der Waals surface area contributed by atoms with Crippen molar-refractivity contribution in [2.75, 3.05) is 46.4 Å². The Balaban J connectivity index is 2.00. The van der Waals surface area contributed by atoms with Gasteiger partial charge >= 0.3 is 0 Å². The van der Waals surface area contributed by atoms with Gasteiger partial charge in [-0.1, -0.05) is 26.0 Å². The van der Waals surface area contributed by atoms with Crippen LogP contribution in [0.25, 0.3) is 0 Å². The molecule has 1 unspecified atom stereocenters. The number of amides is 1. The van der Waals surface area contributed by atoms with Gasteiger partial charge in [-0.2, -0.15) is 0 Å². The fraction of sp³-hybridized carbons (Fsp3) is 0.636. The average molecular weight is 404 g/mol. The zero-order valence-corrected chi connectivity index (χ0v) is 18.3. The molecule has 1 aromatic carbocycles. The van der Waals surface area contributed by atoms with E-state index in [0.29, 0.717) is 19.6 Å². The van der Waals surface area contributed by atoms with E-state index in [4.69, 9.17) is 9.73 Å². The molecule has 2 rings (SSSR count). The predicted molar refractivity (Wildman–Crippen MR) is 118 cm³/mol. The Kier molecular flexibility index (Phi) is 9.77. The summed E-state index contributed by atoms with van der Waals surface area (Å²) in [5, 5.41) is 9.59. The number of hydrogen-bond acceptors (Lipinski definition) is 4. The van der Waals surface area contributed by atoms with Gasteiger partial charge < -0.3 is 20.7 Å². The molecule has 0 bridgehead atoms. The molecule has 0 aliphatic heterocycles. The van der Waals surface area contributed by atoms with Crippen molar-refractivity contribution < 1.29 is 9.53 Å². The summed E-state index contributed by atoms with van der Waals surface area (Å²) >= 11 is 0. The van der Waals surface area contributed by atoms with Gasteiger partial charge in [-0.25, -0.2) is 0 Å². The number of benzene rings is 1. The maximum atomic E-state index is 11.7. The third-order valence-corrected chi connectivity index (χ3v) is 5.16. The van der Waals surface area contributed by atoms with E-state index >= 15 is 0 Å². The van der Waals surface area contributed by atoms with Crippen molar-refractivity contribution in [3.05, 3.63) is 29.8 Å². The van der Waals surface area contributed by atoms with Crippen LogP contribution in [0.1, 0.15) is 45.2 Å². The van der Waals surface area contributed by atoms with Gasteiger partial charge in [-0.3, -0.25) is 14.7 Å². The molecule has 1 saturated carbocycles. The highest BCUT2D eigenvalue weighted by molar-refractivity contribution is 5.81. The molecule has 29 heavy (non-hydrogen) atoms. The second-order valence-corrected chi connectivity index (χ2v) is 7.23. The molecule has 1 aliphatic rings. The van der Waals surface area contributed by atoms with E-state index in [1.54, 1.807) is 7.11 Å². The molecular weight excluding hydrogens is 366 g/mol. The summed E-state index contributed by atoms with van der Waals surface area (Å²) in [6.07, 6.45) is 2.06. The van der Waals surface area contributed by atoms with E-state index in [2.05, 4.69) is 53.8 Å². The van der Waals surface area contributed by atoms with Crippen molar-refractivity contribution in [2.24, 2.45) is 10.9 Å². The van der Waals surface area contributed by atoms with Crippen molar-refractivity contribution in [3.63, 3.8) is 0 Å². The lowest BCUT2D eigenvalue weighted by Gasteiger charge is -2.29. The van der Waals surface area contributed by atoms with E-state index < -0.39 is 0 Å². The average Bonchev–Trinajstić information content (AvgIpc) is 3.59. The minimum Gasteiger partial charge on any atom is -0.497 e. The van der Waals surface area contributed by atoms with Gasteiger partial charge in [0.25, 0.3) is 0 Å². The number of nitrogens with zero attached hydrogens (tertiary/aromatic N) is 2. The Morgan fingerprint density at radius 1 is 1.17 bits per heavy atom. The molecule has 7 heteroatoms. The number of methoxy groups -OCH3 is 1. The molecule has 0 aromatic heterocycles. The quantitative estimate of drug-likeness (QED) is 0.283. The van der Waals surface area contributed by atoms with Crippen LogP contribution in [0.4, 0.5) is 0 Å². The van der Waals surface area contributed by atoms with Crippen molar-refractivity contribution in [3.8, 4) is 5.75 Å². The third kappa shape index (κ3) is 7.57. The lowest BCUT2D eigenvalue weighted by atomic mass is 10.0. The van der Waals surface area contributed by atoms with Gasteiger partial charge in [-0.05, 0) is 50.6 Å². The van der Waals surface area contributed by atoms with Crippen molar-refractivity contribution in [2.45, 2.75) is 39.7 Å². The van der Waals surface area contributed by atoms with Crippen LogP contribution in [0.3, 0.4) is 0 Å². The minimum absolute atomic E-state index is 0.171. The molecule has 0 heterocycles. The molecule has 1 amide bonds. The first kappa shape index (κ1) is 23.0. The van der Waals surface area contributed by atoms with Gasteiger partial charge in [0, 0.05) is 25.6 Å². The number of aliphatic imine (C=N–C) groups is 1. The van der Waals surface area contributed by atoms with E-state index in [0.717, 1.165) is 44.2 Å². The van der Waals surface area contributed by atoms with Gasteiger partial charge in [0.05, 0.1) is 19.7 Å². The number of carbonyl (C=O) groups excluding carboxylic acids is 1. The van der Waals surface area contributed by atoms with Gasteiger partial charge in [0.1, 0.15) is 5.75 Å². The first-order chi connectivity index (χ1) is 14.1. The maximum absolute atomic E-state index is 11.7. The first-order valence-corrected chi connectivity index (χ1v) is 10.8. The number of hydrogen-bond donors (Lipinski definition) is 3. The highest BCUT2D eigenvalue weighted by Gasteiger charge is 2.29. The van der Waals surface area contributed by atoms with Crippen LogP contribution >= 0.6 is 0 Å². The Bertz CT molecular complexity index is 656. The number of guanidine groups is 1. The number of rotatable bonds is 12. The van der Waals surface area contributed by atoms with E-state index in [-0.39, 0.29) is 17.9 Å². The molecule has 7 nitrogen and oxygen atoms in total. The lowest BCUT2D eigenvalue weighted by Crippen LogP contribution is -2.42. The van der Waals surface area contributed by atoms with Crippen molar-refractivity contribution in [1.29, 1.82) is 0 Å². The Labute approximate surface area is 175 Å². The zero-order valence-electron chi connectivity index (χ0n) is 18.3. The van der Waals surface area contributed by atoms with Crippen LogP contribution in [0.5, 0.6) is 5.75 Å². The SMILES string of the molecule is CCNC(=NCC(c1cccc(OC)c1)N(CC)CC)NCCNC(=O)C1CC1. The zero-order chi connectivity index (χ0) is 21.1. The fourth-order valence-electron chi connectivity index (χ4n) is 3.32. The van der Waals surface area contributed by atoms with E-state index in [1.807, 2.05) is 12.1 Å². The summed E-state index contributed by atoms with van der Waals surface area (Å²) in [6, 6.07) is 8.39. The largest absolute Gasteiger partial charge is 0.497 e. The van der Waals surface area contributed by atoms with Crippen molar-refractivity contribution >= 4 is 11.9 Å². The Morgan fingerprint density at radius 2 is 1.90 bits per heavy atom. The smallest absolute Gasteiger partial charge is 0.223 e. The second-order valence-electron chi connectivity index (χ2n) is 7.23. The molecule has 1 aromatic rings. The van der Waals surface area contributed by atoms with Gasteiger partial charge in [0.15, 0.2) is 5.96 Å². The number of nitrogens with one attached hydrogen (secondary N) is 3. The highest BCUT2D eigenvalue weighted by Crippen LogP contribution is 2.28. The lowest BCUT2D eigenvalue weighted by molar-refractivity contribution is -0.122. The second kappa shape index (κ2) is 12.3. The van der Waals surface area contributed by atoms with Crippen LogP contribution in [0.2, 0.25) is 0 Å². The summed E-state index contributed by atoms with van der Waals surface area (Å²) in [6.45, 7) is 11.0. The number of carbonyl (C=O) groups is 1. The van der Waals surface area contributed by atoms with E-state index in [9.17, 15) is 4.79 Å². The first-order valence-electron chi connectivity index (χ1n) is 10.8. The molecule has 1 aliphatic carbocycles. The third-order valence-electron chi connectivity index (χ3n) is 5.16. The topological polar surface area (TPSA) is 78.0 Å². The summed E-state index contributed by atoms with van der Waals surface area (Å²) in [5.41, 5.74) is 1.20. The molecular formula is C22H37N5O2. The van der Waals surface area contributed by atoms with Crippen LogP contribution in [-0.2, 0) is 4.79 Å². The summed E-state index contributed by atoms with van der Waals surface area (Å²) in [5.74, 6) is 2.05. The molecule has 0 saturated heterocycles. The Hall–Kier alpha value is -2.28.